The monoisotopic (exact) mass is 426 g/mol. The number of nitrogens with two attached hydrogens (primary N) is 1. The predicted molar refractivity (Wildman–Crippen MR) is 125 cm³/mol. The lowest BCUT2D eigenvalue weighted by Gasteiger charge is -2.21. The van der Waals surface area contributed by atoms with Crippen LogP contribution >= 0.6 is 0 Å². The molecule has 0 aliphatic rings. The van der Waals surface area contributed by atoms with E-state index in [1.807, 2.05) is 63.2 Å². The van der Waals surface area contributed by atoms with Crippen molar-refractivity contribution in [1.82, 2.24) is 29.5 Å². The number of nitrogens with one attached hydrogen (secondary N) is 2. The second kappa shape index (κ2) is 7.45. The van der Waals surface area contributed by atoms with Gasteiger partial charge in [-0.3, -0.25) is 9.36 Å². The normalized spacial score (nSPS) is 12.3. The zero-order chi connectivity index (χ0) is 22.4. The molecule has 0 radical (unpaired) electrons. The number of anilines is 2. The molecular formula is C23H22N8O. The maximum absolute atomic E-state index is 13.7. The fourth-order valence-electron chi connectivity index (χ4n) is 3.97. The largest absolute Gasteiger partial charge is 0.368 e. The number of hydrogen-bond acceptors (Lipinski definition) is 7. The number of benzene rings is 2. The molecule has 5 aromatic rings. The van der Waals surface area contributed by atoms with Crippen LogP contribution in [0.3, 0.4) is 0 Å². The number of fused-ring (bicyclic) bond motifs is 2. The van der Waals surface area contributed by atoms with E-state index in [4.69, 9.17) is 10.7 Å². The Bertz CT molecular complexity index is 1530. The molecule has 0 bridgehead atoms. The zero-order valence-corrected chi connectivity index (χ0v) is 17.9. The number of H-pyrrole nitrogens is 1. The molecule has 1 atom stereocenters. The molecule has 32 heavy (non-hydrogen) atoms. The van der Waals surface area contributed by atoms with Gasteiger partial charge < -0.3 is 16.0 Å². The number of aromatic amines is 1. The van der Waals surface area contributed by atoms with E-state index in [1.165, 1.54) is 6.33 Å². The van der Waals surface area contributed by atoms with Crippen LogP contribution in [0.4, 0.5) is 11.8 Å². The molecule has 0 spiro atoms. The molecule has 9 heteroatoms. The second-order valence-electron chi connectivity index (χ2n) is 7.76. The van der Waals surface area contributed by atoms with Gasteiger partial charge in [0, 0.05) is 0 Å². The number of imidazole rings is 1. The van der Waals surface area contributed by atoms with E-state index >= 15 is 0 Å². The molecule has 0 saturated carbocycles. The average molecular weight is 426 g/mol. The lowest BCUT2D eigenvalue weighted by atomic mass is 10.1. The lowest BCUT2D eigenvalue weighted by molar-refractivity contribution is 0.730. The molecule has 0 amide bonds. The summed E-state index contributed by atoms with van der Waals surface area (Å²) < 4.78 is 1.68. The Kier molecular flexibility index (Phi) is 4.58. The lowest BCUT2D eigenvalue weighted by Crippen LogP contribution is -2.28. The summed E-state index contributed by atoms with van der Waals surface area (Å²) in [7, 11) is 0. The third kappa shape index (κ3) is 3.15. The molecule has 3 aromatic heterocycles. The summed E-state index contributed by atoms with van der Waals surface area (Å²) in [6.07, 6.45) is 1.54. The van der Waals surface area contributed by atoms with Crippen LogP contribution in [0.1, 0.15) is 29.9 Å². The number of nitrogens with zero attached hydrogens (tertiary/aromatic N) is 5. The summed E-state index contributed by atoms with van der Waals surface area (Å²) in [5.74, 6) is 1.16. The van der Waals surface area contributed by atoms with E-state index in [-0.39, 0.29) is 17.5 Å². The van der Waals surface area contributed by atoms with Gasteiger partial charge in [-0.2, -0.15) is 9.97 Å². The Morgan fingerprint density at radius 2 is 1.81 bits per heavy atom. The van der Waals surface area contributed by atoms with Crippen molar-refractivity contribution in [2.24, 2.45) is 0 Å². The number of aromatic nitrogens is 6. The molecule has 5 rings (SSSR count). The van der Waals surface area contributed by atoms with Crippen LogP contribution in [0.5, 0.6) is 0 Å². The molecule has 9 nitrogen and oxygen atoms in total. The van der Waals surface area contributed by atoms with Crippen LogP contribution in [-0.2, 0) is 0 Å². The number of nitrogen functional groups attached to an aromatic ring is 1. The van der Waals surface area contributed by atoms with Crippen molar-refractivity contribution in [2.75, 3.05) is 11.1 Å². The average Bonchev–Trinajstić information content (AvgIpc) is 3.23. The first-order valence-corrected chi connectivity index (χ1v) is 10.3. The Labute approximate surface area is 183 Å². The van der Waals surface area contributed by atoms with Crippen LogP contribution in [0.2, 0.25) is 0 Å². The van der Waals surface area contributed by atoms with Crippen LogP contribution in [0, 0.1) is 13.8 Å². The van der Waals surface area contributed by atoms with Gasteiger partial charge in [0.05, 0.1) is 29.0 Å². The minimum absolute atomic E-state index is 0.109. The van der Waals surface area contributed by atoms with Gasteiger partial charge >= 0.3 is 0 Å². The molecule has 0 fully saturated rings. The van der Waals surface area contributed by atoms with Crippen molar-refractivity contribution in [1.29, 1.82) is 0 Å². The van der Waals surface area contributed by atoms with Gasteiger partial charge in [-0.1, -0.05) is 30.3 Å². The minimum atomic E-state index is -0.381. The minimum Gasteiger partial charge on any atom is -0.368 e. The number of hydrogen-bond donors (Lipinski definition) is 3. The maximum atomic E-state index is 13.7. The summed E-state index contributed by atoms with van der Waals surface area (Å²) in [6, 6.07) is 13.1. The van der Waals surface area contributed by atoms with Crippen LogP contribution in [0.15, 0.2) is 53.6 Å². The third-order valence-corrected chi connectivity index (χ3v) is 5.53. The highest BCUT2D eigenvalue weighted by molar-refractivity contribution is 5.84. The van der Waals surface area contributed by atoms with Gasteiger partial charge in [-0.15, -0.1) is 0 Å². The van der Waals surface area contributed by atoms with Crippen LogP contribution in [0.25, 0.3) is 27.8 Å². The van der Waals surface area contributed by atoms with Gasteiger partial charge in [0.25, 0.3) is 5.56 Å². The van der Waals surface area contributed by atoms with Crippen molar-refractivity contribution >= 4 is 33.8 Å². The van der Waals surface area contributed by atoms with Gasteiger partial charge in [0.15, 0.2) is 11.5 Å². The molecule has 160 valence electrons. The Balaban J connectivity index is 1.74. The van der Waals surface area contributed by atoms with E-state index in [2.05, 4.69) is 25.3 Å². The standard InChI is InChI=1S/C23H22N8O/c1-12-7-4-5-10-16(12)31-21(28-15-9-6-8-13(2)17(15)22(31)32)14(3)27-20-18-19(26-11-25-18)29-23(24)30-20/h4-11,14H,1-3H3,(H4,24,25,26,27,29,30)/t14-/m0/s1. The van der Waals surface area contributed by atoms with Gasteiger partial charge in [-0.25, -0.2) is 9.97 Å². The van der Waals surface area contributed by atoms with Crippen molar-refractivity contribution < 1.29 is 0 Å². The molecular weight excluding hydrogens is 404 g/mol. The van der Waals surface area contributed by atoms with Crippen molar-refractivity contribution in [3.05, 3.63) is 76.1 Å². The van der Waals surface area contributed by atoms with Crippen molar-refractivity contribution in [2.45, 2.75) is 26.8 Å². The highest BCUT2D eigenvalue weighted by Crippen LogP contribution is 2.26. The first-order chi connectivity index (χ1) is 15.4. The maximum Gasteiger partial charge on any atom is 0.266 e. The van der Waals surface area contributed by atoms with Crippen LogP contribution in [-0.4, -0.2) is 29.5 Å². The topological polar surface area (TPSA) is 127 Å². The highest BCUT2D eigenvalue weighted by atomic mass is 16.1. The smallest absolute Gasteiger partial charge is 0.266 e. The summed E-state index contributed by atoms with van der Waals surface area (Å²) in [5.41, 5.74) is 10.1. The summed E-state index contributed by atoms with van der Waals surface area (Å²) in [6.45, 7) is 5.83. The molecule has 3 heterocycles. The fourth-order valence-corrected chi connectivity index (χ4v) is 3.97. The second-order valence-corrected chi connectivity index (χ2v) is 7.76. The Morgan fingerprint density at radius 3 is 2.62 bits per heavy atom. The van der Waals surface area contributed by atoms with E-state index in [9.17, 15) is 4.79 Å². The molecule has 4 N–H and O–H groups in total. The molecule has 2 aromatic carbocycles. The fraction of sp³-hybridized carbons (Fsp3) is 0.174. The Hall–Kier alpha value is -4.27. The third-order valence-electron chi connectivity index (χ3n) is 5.53. The SMILES string of the molecule is Cc1ccccc1-n1c([C@H](C)Nc2nc(N)nc3nc[nH]c23)nc2cccc(C)c2c1=O. The summed E-state index contributed by atoms with van der Waals surface area (Å²) in [5, 5.41) is 3.95. The van der Waals surface area contributed by atoms with Crippen molar-refractivity contribution in [3.63, 3.8) is 0 Å². The quantitative estimate of drug-likeness (QED) is 0.402. The summed E-state index contributed by atoms with van der Waals surface area (Å²) >= 11 is 0. The van der Waals surface area contributed by atoms with Gasteiger partial charge in [0.1, 0.15) is 11.3 Å². The zero-order valence-electron chi connectivity index (χ0n) is 17.9. The molecule has 0 aliphatic carbocycles. The number of rotatable bonds is 4. The van der Waals surface area contributed by atoms with Crippen LogP contribution < -0.4 is 16.6 Å². The number of aryl methyl sites for hydroxylation is 2. The molecule has 0 saturated heterocycles. The molecule has 0 aliphatic heterocycles. The van der Waals surface area contributed by atoms with E-state index in [1.54, 1.807) is 4.57 Å². The number of para-hydroxylation sites is 1. The van der Waals surface area contributed by atoms with Gasteiger partial charge in [0.2, 0.25) is 5.95 Å². The van der Waals surface area contributed by atoms with Crippen molar-refractivity contribution in [3.8, 4) is 5.69 Å². The van der Waals surface area contributed by atoms with E-state index < -0.39 is 0 Å². The van der Waals surface area contributed by atoms with E-state index in [0.717, 1.165) is 16.8 Å². The predicted octanol–water partition coefficient (Wildman–Crippen LogP) is 3.42. The first-order valence-electron chi connectivity index (χ1n) is 10.3. The summed E-state index contributed by atoms with van der Waals surface area (Å²) in [4.78, 5) is 34.3. The van der Waals surface area contributed by atoms with Gasteiger partial charge in [-0.05, 0) is 44.0 Å². The Morgan fingerprint density at radius 1 is 1.03 bits per heavy atom. The van der Waals surface area contributed by atoms with E-state index in [0.29, 0.717) is 33.7 Å². The first kappa shape index (κ1) is 19.7. The highest BCUT2D eigenvalue weighted by Gasteiger charge is 2.21. The molecule has 0 unspecified atom stereocenters.